The monoisotopic (exact) mass is 489 g/mol. The Morgan fingerprint density at radius 2 is 1.87 bits per heavy atom. The number of hydrogen-bond acceptors (Lipinski definition) is 4. The summed E-state index contributed by atoms with van der Waals surface area (Å²) in [5.74, 6) is -1.24. The fraction of sp³-hybridized carbons (Fsp3) is 0.381. The lowest BCUT2D eigenvalue weighted by Gasteiger charge is -2.28. The number of halogens is 3. The van der Waals surface area contributed by atoms with Crippen molar-refractivity contribution in [1.82, 2.24) is 10.0 Å². The van der Waals surface area contributed by atoms with Crippen LogP contribution in [0.2, 0.25) is 5.02 Å². The number of aryl methyl sites for hydroxylation is 1. The van der Waals surface area contributed by atoms with Crippen LogP contribution >= 0.6 is 24.0 Å². The molecule has 3 rings (SSSR count). The van der Waals surface area contributed by atoms with Crippen molar-refractivity contribution in [3.63, 3.8) is 0 Å². The van der Waals surface area contributed by atoms with Gasteiger partial charge in [0.1, 0.15) is 5.82 Å². The van der Waals surface area contributed by atoms with Gasteiger partial charge in [-0.3, -0.25) is 4.79 Å². The molecule has 2 aromatic rings. The smallest absolute Gasteiger partial charge is 0.256 e. The third kappa shape index (κ3) is 6.17. The first-order valence-electron chi connectivity index (χ1n) is 9.78. The molecule has 0 radical (unpaired) electrons. The van der Waals surface area contributed by atoms with Crippen molar-refractivity contribution in [2.75, 3.05) is 18.4 Å². The number of carbonyl (C=O) groups excluding carboxylic acids is 1. The molecule has 1 unspecified atom stereocenters. The molecule has 1 fully saturated rings. The van der Waals surface area contributed by atoms with Gasteiger partial charge in [0.15, 0.2) is 0 Å². The summed E-state index contributed by atoms with van der Waals surface area (Å²) >= 11 is 6.14. The van der Waals surface area contributed by atoms with E-state index < -0.39 is 21.7 Å². The highest BCUT2D eigenvalue weighted by atomic mass is 35.5. The number of rotatable bonds is 6. The molecule has 6 nitrogen and oxygen atoms in total. The lowest BCUT2D eigenvalue weighted by atomic mass is 9.92. The normalized spacial score (nSPS) is 15.7. The van der Waals surface area contributed by atoms with E-state index in [-0.39, 0.29) is 40.0 Å². The minimum atomic E-state index is -3.97. The quantitative estimate of drug-likeness (QED) is 0.569. The van der Waals surface area contributed by atoms with Gasteiger partial charge in [-0.05, 0) is 69.5 Å². The fourth-order valence-electron chi connectivity index (χ4n) is 3.59. The van der Waals surface area contributed by atoms with Crippen LogP contribution in [-0.2, 0) is 10.0 Å². The molecule has 0 aromatic heterocycles. The number of sulfonamides is 1. The average molecular weight is 490 g/mol. The molecule has 1 aliphatic rings. The number of benzene rings is 2. The molecule has 0 bridgehead atoms. The molecule has 0 saturated carbocycles. The van der Waals surface area contributed by atoms with E-state index in [4.69, 9.17) is 11.6 Å². The zero-order chi connectivity index (χ0) is 21.9. The van der Waals surface area contributed by atoms with E-state index in [1.807, 2.05) is 6.92 Å². The maximum atomic E-state index is 14.7. The van der Waals surface area contributed by atoms with Crippen LogP contribution in [0.5, 0.6) is 0 Å². The van der Waals surface area contributed by atoms with Crippen molar-refractivity contribution in [3.8, 4) is 0 Å². The number of carbonyl (C=O) groups is 1. The van der Waals surface area contributed by atoms with Gasteiger partial charge in [0.2, 0.25) is 10.0 Å². The minimum Gasteiger partial charge on any atom is -0.318 e. The molecule has 1 heterocycles. The Bertz CT molecular complexity index is 1020. The molecule has 31 heavy (non-hydrogen) atoms. The van der Waals surface area contributed by atoms with E-state index in [1.54, 1.807) is 31.2 Å². The lowest BCUT2D eigenvalue weighted by Crippen LogP contribution is -2.42. The molecule has 1 saturated heterocycles. The van der Waals surface area contributed by atoms with Crippen LogP contribution in [0.3, 0.4) is 0 Å². The van der Waals surface area contributed by atoms with Crippen LogP contribution in [-0.4, -0.2) is 33.5 Å². The van der Waals surface area contributed by atoms with Crippen molar-refractivity contribution in [2.24, 2.45) is 5.92 Å². The van der Waals surface area contributed by atoms with Gasteiger partial charge in [-0.2, -0.15) is 0 Å². The van der Waals surface area contributed by atoms with Crippen LogP contribution in [0, 0.1) is 18.7 Å². The van der Waals surface area contributed by atoms with Crippen LogP contribution < -0.4 is 15.4 Å². The maximum Gasteiger partial charge on any atom is 0.256 e. The molecule has 3 N–H and O–H groups in total. The molecule has 2 aromatic carbocycles. The van der Waals surface area contributed by atoms with Crippen molar-refractivity contribution in [1.29, 1.82) is 0 Å². The van der Waals surface area contributed by atoms with Crippen molar-refractivity contribution in [2.45, 2.75) is 37.6 Å². The number of amides is 1. The largest absolute Gasteiger partial charge is 0.318 e. The first kappa shape index (κ1) is 25.5. The molecular weight excluding hydrogens is 464 g/mol. The van der Waals surface area contributed by atoms with Crippen molar-refractivity contribution < 1.29 is 17.6 Å². The SMILES string of the molecule is Cc1ccccc1C(=O)Nc1c(F)cc(S(=O)(=O)NC(C)C2CCNCC2)cc1Cl.Cl. The summed E-state index contributed by atoms with van der Waals surface area (Å²) in [5.41, 5.74) is 0.847. The van der Waals surface area contributed by atoms with Gasteiger partial charge in [0.05, 0.1) is 15.6 Å². The number of anilines is 1. The summed E-state index contributed by atoms with van der Waals surface area (Å²) in [6, 6.07) is 8.59. The fourth-order valence-corrected chi connectivity index (χ4v) is 5.26. The van der Waals surface area contributed by atoms with Gasteiger partial charge in [-0.25, -0.2) is 17.5 Å². The first-order chi connectivity index (χ1) is 14.2. The topological polar surface area (TPSA) is 87.3 Å². The molecular formula is C21H26Cl2FN3O3S. The van der Waals surface area contributed by atoms with Crippen molar-refractivity contribution in [3.05, 3.63) is 58.4 Å². The third-order valence-electron chi connectivity index (χ3n) is 5.39. The Hall–Kier alpha value is -1.71. The predicted molar refractivity (Wildman–Crippen MR) is 123 cm³/mol. The molecule has 1 aliphatic heterocycles. The Balaban J connectivity index is 0.00000341. The van der Waals surface area contributed by atoms with Crippen LogP contribution in [0.1, 0.15) is 35.7 Å². The van der Waals surface area contributed by atoms with Crippen LogP contribution in [0.4, 0.5) is 10.1 Å². The third-order valence-corrected chi connectivity index (χ3v) is 7.22. The summed E-state index contributed by atoms with van der Waals surface area (Å²) in [4.78, 5) is 12.2. The Morgan fingerprint density at radius 3 is 2.48 bits per heavy atom. The molecule has 1 amide bonds. The van der Waals surface area contributed by atoms with E-state index in [2.05, 4.69) is 15.4 Å². The highest BCUT2D eigenvalue weighted by molar-refractivity contribution is 7.89. The zero-order valence-electron chi connectivity index (χ0n) is 17.2. The van der Waals surface area contributed by atoms with E-state index in [0.29, 0.717) is 5.56 Å². The molecule has 170 valence electrons. The number of nitrogens with one attached hydrogen (secondary N) is 3. The second-order valence-electron chi connectivity index (χ2n) is 7.53. The summed E-state index contributed by atoms with van der Waals surface area (Å²) in [7, 11) is -3.97. The average Bonchev–Trinajstić information content (AvgIpc) is 2.71. The summed E-state index contributed by atoms with van der Waals surface area (Å²) in [6.45, 7) is 5.25. The van der Waals surface area contributed by atoms with E-state index in [0.717, 1.165) is 43.6 Å². The molecule has 1 atom stereocenters. The van der Waals surface area contributed by atoms with E-state index in [9.17, 15) is 17.6 Å². The van der Waals surface area contributed by atoms with Crippen LogP contribution in [0.15, 0.2) is 41.3 Å². The number of hydrogen-bond donors (Lipinski definition) is 3. The standard InChI is InChI=1S/C21H25ClFN3O3S.ClH/c1-13-5-3-4-6-17(13)21(27)25-20-18(22)11-16(12-19(20)23)30(28,29)26-14(2)15-7-9-24-10-8-15;/h3-6,11-12,14-15,24,26H,7-10H2,1-2H3,(H,25,27);1H. The van der Waals surface area contributed by atoms with Gasteiger partial charge in [0.25, 0.3) is 5.91 Å². The van der Waals surface area contributed by atoms with Gasteiger partial charge in [-0.15, -0.1) is 12.4 Å². The second kappa shape index (κ2) is 10.7. The van der Waals surface area contributed by atoms with Gasteiger partial charge in [0, 0.05) is 11.6 Å². The Morgan fingerprint density at radius 1 is 1.23 bits per heavy atom. The molecule has 0 spiro atoms. The first-order valence-corrected chi connectivity index (χ1v) is 11.6. The lowest BCUT2D eigenvalue weighted by molar-refractivity contribution is 0.102. The van der Waals surface area contributed by atoms with Crippen molar-refractivity contribution >= 4 is 45.6 Å². The van der Waals surface area contributed by atoms with Gasteiger partial charge in [-0.1, -0.05) is 29.8 Å². The summed E-state index contributed by atoms with van der Waals surface area (Å²) in [5, 5.41) is 5.49. The number of piperidine rings is 1. The Labute approximate surface area is 193 Å². The molecule has 0 aliphatic carbocycles. The van der Waals surface area contributed by atoms with E-state index >= 15 is 0 Å². The predicted octanol–water partition coefficient (Wildman–Crippen LogP) is 4.13. The highest BCUT2D eigenvalue weighted by Crippen LogP contribution is 2.30. The zero-order valence-corrected chi connectivity index (χ0v) is 19.6. The van der Waals surface area contributed by atoms with Gasteiger partial charge >= 0.3 is 0 Å². The van der Waals surface area contributed by atoms with E-state index in [1.165, 1.54) is 0 Å². The highest BCUT2D eigenvalue weighted by Gasteiger charge is 2.27. The maximum absolute atomic E-state index is 14.7. The Kier molecular flexibility index (Phi) is 8.85. The summed E-state index contributed by atoms with van der Waals surface area (Å²) < 4.78 is 42.8. The minimum absolute atomic E-state index is 0. The molecule has 10 heteroatoms. The van der Waals surface area contributed by atoms with Gasteiger partial charge < -0.3 is 10.6 Å². The second-order valence-corrected chi connectivity index (χ2v) is 9.65. The summed E-state index contributed by atoms with van der Waals surface area (Å²) in [6.07, 6.45) is 1.73. The van der Waals surface area contributed by atoms with Crippen LogP contribution in [0.25, 0.3) is 0 Å².